The summed E-state index contributed by atoms with van der Waals surface area (Å²) in [6, 6.07) is 5.96. The Balaban J connectivity index is 2.73. The zero-order valence-electron chi connectivity index (χ0n) is 12.5. The van der Waals surface area contributed by atoms with Gasteiger partial charge in [0.1, 0.15) is 10.7 Å². The van der Waals surface area contributed by atoms with Crippen LogP contribution in [0.5, 0.6) is 5.75 Å². The fourth-order valence-electron chi connectivity index (χ4n) is 1.98. The molecule has 0 fully saturated rings. The van der Waals surface area contributed by atoms with E-state index in [-0.39, 0.29) is 0 Å². The highest BCUT2D eigenvalue weighted by Gasteiger charge is 2.09. The molecule has 1 aromatic carbocycles. The predicted molar refractivity (Wildman–Crippen MR) is 86.3 cm³/mol. The summed E-state index contributed by atoms with van der Waals surface area (Å²) in [6.45, 7) is 8.43. The van der Waals surface area contributed by atoms with E-state index in [4.69, 9.17) is 27.4 Å². The molecule has 0 amide bonds. The third kappa shape index (κ3) is 5.07. The fraction of sp³-hybridized carbons (Fsp3) is 0.533. The van der Waals surface area contributed by atoms with Crippen molar-refractivity contribution in [2.45, 2.75) is 20.4 Å². The van der Waals surface area contributed by atoms with Crippen LogP contribution in [0.1, 0.15) is 25.0 Å². The van der Waals surface area contributed by atoms with Crippen molar-refractivity contribution in [2.24, 2.45) is 5.73 Å². The van der Waals surface area contributed by atoms with Gasteiger partial charge in [-0.15, -0.1) is 0 Å². The van der Waals surface area contributed by atoms with Gasteiger partial charge in [0.15, 0.2) is 0 Å². The Labute approximate surface area is 126 Å². The highest BCUT2D eigenvalue weighted by molar-refractivity contribution is 7.80. The minimum atomic E-state index is 0.358. The van der Waals surface area contributed by atoms with Gasteiger partial charge in [-0.3, -0.25) is 4.90 Å². The third-order valence-corrected chi connectivity index (χ3v) is 3.36. The molecule has 0 unspecified atom stereocenters. The Kier molecular flexibility index (Phi) is 7.51. The zero-order chi connectivity index (χ0) is 15.0. The summed E-state index contributed by atoms with van der Waals surface area (Å²) in [7, 11) is 1.63. The van der Waals surface area contributed by atoms with Crippen molar-refractivity contribution in [1.29, 1.82) is 0 Å². The van der Waals surface area contributed by atoms with Gasteiger partial charge < -0.3 is 15.2 Å². The van der Waals surface area contributed by atoms with Crippen LogP contribution in [-0.4, -0.2) is 43.3 Å². The van der Waals surface area contributed by atoms with Crippen LogP contribution in [0.3, 0.4) is 0 Å². The number of rotatable bonds is 9. The molecule has 0 spiro atoms. The first-order chi connectivity index (χ1) is 9.62. The Morgan fingerprint density at radius 2 is 2.10 bits per heavy atom. The largest absolute Gasteiger partial charge is 0.496 e. The summed E-state index contributed by atoms with van der Waals surface area (Å²) in [5, 5.41) is 0. The van der Waals surface area contributed by atoms with Crippen LogP contribution in [0.15, 0.2) is 18.2 Å². The van der Waals surface area contributed by atoms with Crippen LogP contribution < -0.4 is 10.5 Å². The standard InChI is InChI=1S/C15H24N2O2S/c1-4-17(8-9-19-5-2)11-12-6-7-13(15(16)20)14(10-12)18-3/h6-7,10H,4-5,8-9,11H2,1-3H3,(H2,16,20). The van der Waals surface area contributed by atoms with Gasteiger partial charge in [-0.2, -0.15) is 0 Å². The maximum absolute atomic E-state index is 5.67. The van der Waals surface area contributed by atoms with Gasteiger partial charge in [-0.25, -0.2) is 0 Å². The first-order valence-electron chi connectivity index (χ1n) is 6.89. The Morgan fingerprint density at radius 3 is 2.65 bits per heavy atom. The van der Waals surface area contributed by atoms with Crippen molar-refractivity contribution in [3.63, 3.8) is 0 Å². The van der Waals surface area contributed by atoms with Gasteiger partial charge in [0.05, 0.1) is 19.3 Å². The molecular weight excluding hydrogens is 272 g/mol. The number of likely N-dealkylation sites (N-methyl/N-ethyl adjacent to an activating group) is 1. The van der Waals surface area contributed by atoms with Gasteiger partial charge in [0.25, 0.3) is 0 Å². The Hall–Kier alpha value is -1.17. The van der Waals surface area contributed by atoms with E-state index in [2.05, 4.69) is 11.8 Å². The lowest BCUT2D eigenvalue weighted by molar-refractivity contribution is 0.113. The molecule has 112 valence electrons. The van der Waals surface area contributed by atoms with Gasteiger partial charge in [-0.1, -0.05) is 25.2 Å². The van der Waals surface area contributed by atoms with E-state index in [0.29, 0.717) is 4.99 Å². The molecule has 0 aromatic heterocycles. The molecule has 0 aliphatic carbocycles. The van der Waals surface area contributed by atoms with E-state index in [1.165, 1.54) is 5.56 Å². The highest BCUT2D eigenvalue weighted by atomic mass is 32.1. The summed E-state index contributed by atoms with van der Waals surface area (Å²) >= 11 is 5.01. The van der Waals surface area contributed by atoms with Crippen LogP contribution in [0.2, 0.25) is 0 Å². The number of hydrogen-bond donors (Lipinski definition) is 1. The molecular formula is C15H24N2O2S. The van der Waals surface area contributed by atoms with E-state index in [9.17, 15) is 0 Å². The van der Waals surface area contributed by atoms with Gasteiger partial charge in [0, 0.05) is 19.7 Å². The van der Waals surface area contributed by atoms with Crippen molar-refractivity contribution in [3.05, 3.63) is 29.3 Å². The van der Waals surface area contributed by atoms with Crippen molar-refractivity contribution >= 4 is 17.2 Å². The Bertz CT molecular complexity index is 438. The second-order valence-corrected chi connectivity index (χ2v) is 4.90. The molecule has 4 nitrogen and oxygen atoms in total. The van der Waals surface area contributed by atoms with Crippen molar-refractivity contribution in [2.75, 3.05) is 33.4 Å². The lowest BCUT2D eigenvalue weighted by Crippen LogP contribution is -2.27. The van der Waals surface area contributed by atoms with E-state index < -0.39 is 0 Å². The lowest BCUT2D eigenvalue weighted by Gasteiger charge is -2.21. The number of methoxy groups -OCH3 is 1. The molecule has 2 N–H and O–H groups in total. The molecule has 0 bridgehead atoms. The molecule has 1 rings (SSSR count). The number of ether oxygens (including phenoxy) is 2. The molecule has 0 aliphatic heterocycles. The predicted octanol–water partition coefficient (Wildman–Crippen LogP) is 2.19. The van der Waals surface area contributed by atoms with Crippen molar-refractivity contribution < 1.29 is 9.47 Å². The molecule has 0 saturated heterocycles. The molecule has 20 heavy (non-hydrogen) atoms. The maximum atomic E-state index is 5.67. The van der Waals surface area contributed by atoms with Crippen LogP contribution >= 0.6 is 12.2 Å². The summed E-state index contributed by atoms with van der Waals surface area (Å²) in [5.74, 6) is 0.732. The highest BCUT2D eigenvalue weighted by Crippen LogP contribution is 2.21. The van der Waals surface area contributed by atoms with Crippen molar-refractivity contribution in [1.82, 2.24) is 4.90 Å². The number of nitrogens with two attached hydrogens (primary N) is 1. The molecule has 0 saturated carbocycles. The minimum absolute atomic E-state index is 0.358. The summed E-state index contributed by atoms with van der Waals surface area (Å²) in [6.07, 6.45) is 0. The minimum Gasteiger partial charge on any atom is -0.496 e. The van der Waals surface area contributed by atoms with E-state index >= 15 is 0 Å². The maximum Gasteiger partial charge on any atom is 0.129 e. The molecule has 0 heterocycles. The van der Waals surface area contributed by atoms with Crippen LogP contribution in [0.25, 0.3) is 0 Å². The summed E-state index contributed by atoms with van der Waals surface area (Å²) < 4.78 is 10.7. The normalized spacial score (nSPS) is 10.8. The van der Waals surface area contributed by atoms with E-state index in [1.54, 1.807) is 7.11 Å². The molecule has 0 radical (unpaired) electrons. The molecule has 0 aliphatic rings. The van der Waals surface area contributed by atoms with E-state index in [1.807, 2.05) is 25.1 Å². The van der Waals surface area contributed by atoms with Crippen LogP contribution in [0, 0.1) is 0 Å². The molecule has 1 aromatic rings. The monoisotopic (exact) mass is 296 g/mol. The number of benzene rings is 1. The van der Waals surface area contributed by atoms with Crippen LogP contribution in [-0.2, 0) is 11.3 Å². The molecule has 0 atom stereocenters. The summed E-state index contributed by atoms with van der Waals surface area (Å²) in [5.41, 5.74) is 7.64. The second-order valence-electron chi connectivity index (χ2n) is 4.46. The number of nitrogens with zero attached hydrogens (tertiary/aromatic N) is 1. The van der Waals surface area contributed by atoms with Crippen LogP contribution in [0.4, 0.5) is 0 Å². The average Bonchev–Trinajstić information content (AvgIpc) is 2.45. The number of hydrogen-bond acceptors (Lipinski definition) is 4. The van der Waals surface area contributed by atoms with E-state index in [0.717, 1.165) is 44.2 Å². The topological polar surface area (TPSA) is 47.7 Å². The third-order valence-electron chi connectivity index (χ3n) is 3.14. The Morgan fingerprint density at radius 1 is 1.35 bits per heavy atom. The van der Waals surface area contributed by atoms with Gasteiger partial charge in [-0.05, 0) is 31.2 Å². The first kappa shape index (κ1) is 16.9. The second kappa shape index (κ2) is 8.89. The fourth-order valence-corrected chi connectivity index (χ4v) is 2.15. The van der Waals surface area contributed by atoms with Gasteiger partial charge in [0.2, 0.25) is 0 Å². The lowest BCUT2D eigenvalue weighted by atomic mass is 10.1. The average molecular weight is 296 g/mol. The smallest absolute Gasteiger partial charge is 0.129 e. The molecule has 5 heteroatoms. The quantitative estimate of drug-likeness (QED) is 0.559. The first-order valence-corrected chi connectivity index (χ1v) is 7.30. The van der Waals surface area contributed by atoms with Crippen molar-refractivity contribution in [3.8, 4) is 5.75 Å². The zero-order valence-corrected chi connectivity index (χ0v) is 13.3. The SMILES string of the molecule is CCOCCN(CC)Cc1ccc(C(N)=S)c(OC)c1. The number of thiocarbonyl (C=S) groups is 1. The van der Waals surface area contributed by atoms with Gasteiger partial charge >= 0.3 is 0 Å². The summed E-state index contributed by atoms with van der Waals surface area (Å²) in [4.78, 5) is 2.68.